The molecule has 0 N–H and O–H groups in total. The van der Waals surface area contributed by atoms with Crippen LogP contribution in [0, 0.1) is 0 Å². The van der Waals surface area contributed by atoms with E-state index >= 15 is 0 Å². The zero-order valence-corrected chi connectivity index (χ0v) is 7.96. The molecule has 0 bridgehead atoms. The third-order valence-corrected chi connectivity index (χ3v) is 2.34. The summed E-state index contributed by atoms with van der Waals surface area (Å²) in [5.74, 6) is 0. The van der Waals surface area contributed by atoms with Gasteiger partial charge >= 0.3 is 0 Å². The van der Waals surface area contributed by atoms with Crippen LogP contribution >= 0.6 is 0 Å². The van der Waals surface area contributed by atoms with Crippen LogP contribution in [0.25, 0.3) is 0 Å². The van der Waals surface area contributed by atoms with Gasteiger partial charge in [-0.2, -0.15) is 0 Å². The Morgan fingerprint density at radius 2 is 2.23 bits per heavy atom. The Bertz CT molecular complexity index is 291. The van der Waals surface area contributed by atoms with E-state index in [2.05, 4.69) is 45.7 Å². The molecule has 1 aliphatic rings. The molecule has 1 aliphatic heterocycles. The van der Waals surface area contributed by atoms with Gasteiger partial charge in [-0.15, -0.1) is 0 Å². The fraction of sp³-hybridized carbons (Fsp3) is 0.444. The van der Waals surface area contributed by atoms with Gasteiger partial charge in [0.2, 0.25) is 0 Å². The highest BCUT2D eigenvalue weighted by Gasteiger charge is 2.15. The minimum absolute atomic E-state index is 0.337. The van der Waals surface area contributed by atoms with Crippen molar-refractivity contribution >= 4 is 0 Å². The van der Waals surface area contributed by atoms with Crippen molar-refractivity contribution in [2.45, 2.75) is 13.1 Å². The second kappa shape index (κ2) is 3.12. The predicted molar refractivity (Wildman–Crippen MR) is 50.5 cm³/mol. The van der Waals surface area contributed by atoms with E-state index in [1.165, 1.54) is 0 Å². The highest BCUT2D eigenvalue weighted by Crippen LogP contribution is 2.16. The molecular formula is C9H14N4. The van der Waals surface area contributed by atoms with E-state index in [1.807, 2.05) is 12.5 Å². The monoisotopic (exact) mass is 178 g/mol. The lowest BCUT2D eigenvalue weighted by atomic mass is 10.5. The SMILES string of the molecule is CC(N1C=CN(C)C1)n1ccnc1. The summed E-state index contributed by atoms with van der Waals surface area (Å²) in [6.07, 6.45) is 10.1. The molecule has 2 rings (SSSR count). The molecule has 4 nitrogen and oxygen atoms in total. The van der Waals surface area contributed by atoms with Crippen LogP contribution in [0.3, 0.4) is 0 Å². The van der Waals surface area contributed by atoms with E-state index < -0.39 is 0 Å². The summed E-state index contributed by atoms with van der Waals surface area (Å²) in [4.78, 5) is 8.43. The summed E-state index contributed by atoms with van der Waals surface area (Å²) in [6.45, 7) is 3.10. The standard InChI is InChI=1S/C9H14N4/c1-9(12-4-3-10-7-12)13-6-5-11(2)8-13/h3-7,9H,8H2,1-2H3. The van der Waals surface area contributed by atoms with Crippen LogP contribution in [-0.2, 0) is 0 Å². The van der Waals surface area contributed by atoms with E-state index in [0.717, 1.165) is 6.67 Å². The number of rotatable bonds is 2. The lowest BCUT2D eigenvalue weighted by molar-refractivity contribution is 0.190. The molecule has 0 radical (unpaired) electrons. The highest BCUT2D eigenvalue weighted by molar-refractivity contribution is 4.91. The molecule has 13 heavy (non-hydrogen) atoms. The summed E-state index contributed by atoms with van der Waals surface area (Å²) in [5, 5.41) is 0. The van der Waals surface area contributed by atoms with E-state index in [-0.39, 0.29) is 0 Å². The average molecular weight is 178 g/mol. The molecule has 0 amide bonds. The summed E-state index contributed by atoms with van der Waals surface area (Å²) >= 11 is 0. The Labute approximate surface area is 78.1 Å². The van der Waals surface area contributed by atoms with Gasteiger partial charge in [-0.25, -0.2) is 4.98 Å². The molecule has 0 saturated carbocycles. The van der Waals surface area contributed by atoms with Crippen molar-refractivity contribution in [2.75, 3.05) is 13.7 Å². The Balaban J connectivity index is 2.06. The average Bonchev–Trinajstić information content (AvgIpc) is 2.72. The maximum Gasteiger partial charge on any atom is 0.105 e. The van der Waals surface area contributed by atoms with Crippen LogP contribution in [0.15, 0.2) is 31.1 Å². The fourth-order valence-electron chi connectivity index (χ4n) is 1.46. The molecule has 1 unspecified atom stereocenters. The van der Waals surface area contributed by atoms with Crippen LogP contribution in [0.5, 0.6) is 0 Å². The van der Waals surface area contributed by atoms with Crippen LogP contribution in [0.1, 0.15) is 13.1 Å². The van der Waals surface area contributed by atoms with Gasteiger partial charge in [0, 0.05) is 31.8 Å². The first kappa shape index (κ1) is 8.16. The number of aromatic nitrogens is 2. The Morgan fingerprint density at radius 3 is 2.77 bits per heavy atom. The van der Waals surface area contributed by atoms with Crippen molar-refractivity contribution in [3.63, 3.8) is 0 Å². The van der Waals surface area contributed by atoms with Crippen LogP contribution in [-0.4, -0.2) is 33.1 Å². The first-order valence-electron chi connectivity index (χ1n) is 4.39. The van der Waals surface area contributed by atoms with Gasteiger partial charge < -0.3 is 14.4 Å². The van der Waals surface area contributed by atoms with Gasteiger partial charge in [0.25, 0.3) is 0 Å². The van der Waals surface area contributed by atoms with Gasteiger partial charge in [0.15, 0.2) is 0 Å². The fourth-order valence-corrected chi connectivity index (χ4v) is 1.46. The molecule has 0 saturated heterocycles. The van der Waals surface area contributed by atoms with E-state index in [1.54, 1.807) is 6.20 Å². The molecule has 2 heterocycles. The quantitative estimate of drug-likeness (QED) is 0.677. The van der Waals surface area contributed by atoms with Crippen LogP contribution in [0.2, 0.25) is 0 Å². The zero-order chi connectivity index (χ0) is 9.26. The molecule has 70 valence electrons. The van der Waals surface area contributed by atoms with Gasteiger partial charge in [0.05, 0.1) is 13.0 Å². The first-order valence-corrected chi connectivity index (χ1v) is 4.39. The predicted octanol–water partition coefficient (Wildman–Crippen LogP) is 1.08. The van der Waals surface area contributed by atoms with Crippen LogP contribution < -0.4 is 0 Å². The number of imidazole rings is 1. The summed E-state index contributed by atoms with van der Waals surface area (Å²) in [6, 6.07) is 0. The summed E-state index contributed by atoms with van der Waals surface area (Å²) < 4.78 is 2.09. The topological polar surface area (TPSA) is 24.3 Å². The number of hydrogen-bond acceptors (Lipinski definition) is 3. The third-order valence-electron chi connectivity index (χ3n) is 2.34. The van der Waals surface area contributed by atoms with E-state index in [9.17, 15) is 0 Å². The zero-order valence-electron chi connectivity index (χ0n) is 7.96. The molecule has 1 atom stereocenters. The van der Waals surface area contributed by atoms with Gasteiger partial charge in [-0.1, -0.05) is 0 Å². The first-order chi connectivity index (χ1) is 6.27. The molecule has 4 heteroatoms. The normalized spacial score (nSPS) is 18.3. The highest BCUT2D eigenvalue weighted by atomic mass is 15.4. The second-order valence-corrected chi connectivity index (χ2v) is 3.35. The van der Waals surface area contributed by atoms with Crippen molar-refractivity contribution in [3.05, 3.63) is 31.1 Å². The van der Waals surface area contributed by atoms with Gasteiger partial charge in [-0.05, 0) is 6.92 Å². The van der Waals surface area contributed by atoms with Gasteiger partial charge in [0.1, 0.15) is 6.17 Å². The van der Waals surface area contributed by atoms with Crippen LogP contribution in [0.4, 0.5) is 0 Å². The van der Waals surface area contributed by atoms with Crippen molar-refractivity contribution in [1.29, 1.82) is 0 Å². The van der Waals surface area contributed by atoms with E-state index in [0.29, 0.717) is 6.17 Å². The van der Waals surface area contributed by atoms with Crippen molar-refractivity contribution in [2.24, 2.45) is 0 Å². The third kappa shape index (κ3) is 1.52. The maximum atomic E-state index is 4.03. The number of hydrogen-bond donors (Lipinski definition) is 0. The minimum Gasteiger partial charge on any atom is -0.362 e. The molecule has 0 aliphatic carbocycles. The summed E-state index contributed by atoms with van der Waals surface area (Å²) in [5.41, 5.74) is 0. The molecule has 1 aromatic heterocycles. The van der Waals surface area contributed by atoms with Crippen molar-refractivity contribution in [1.82, 2.24) is 19.4 Å². The molecular weight excluding hydrogens is 164 g/mol. The molecule has 0 fully saturated rings. The lowest BCUT2D eigenvalue weighted by Gasteiger charge is -2.26. The molecule has 0 aromatic carbocycles. The van der Waals surface area contributed by atoms with E-state index in [4.69, 9.17) is 0 Å². The smallest absolute Gasteiger partial charge is 0.105 e. The maximum absolute atomic E-state index is 4.03. The van der Waals surface area contributed by atoms with Crippen molar-refractivity contribution in [3.8, 4) is 0 Å². The Hall–Kier alpha value is -1.45. The lowest BCUT2D eigenvalue weighted by Crippen LogP contribution is -2.28. The Kier molecular flexibility index (Phi) is 1.96. The second-order valence-electron chi connectivity index (χ2n) is 3.35. The largest absolute Gasteiger partial charge is 0.362 e. The molecule has 1 aromatic rings. The number of nitrogens with zero attached hydrogens (tertiary/aromatic N) is 4. The van der Waals surface area contributed by atoms with Gasteiger partial charge in [-0.3, -0.25) is 0 Å². The van der Waals surface area contributed by atoms with Crippen molar-refractivity contribution < 1.29 is 0 Å². The molecule has 0 spiro atoms. The summed E-state index contributed by atoms with van der Waals surface area (Å²) in [7, 11) is 2.07. The minimum atomic E-state index is 0.337. The Morgan fingerprint density at radius 1 is 1.38 bits per heavy atom.